The molecule has 1 heterocycles. The topological polar surface area (TPSA) is 29.1 Å². The predicted octanol–water partition coefficient (Wildman–Crippen LogP) is 2.13. The quantitative estimate of drug-likeness (QED) is 0.731. The molecule has 0 amide bonds. The van der Waals surface area contributed by atoms with Crippen LogP contribution < -0.4 is 5.32 Å². The van der Waals surface area contributed by atoms with Crippen LogP contribution in [0.2, 0.25) is 0 Å². The highest BCUT2D eigenvalue weighted by Crippen LogP contribution is 2.30. The Labute approximate surface area is 86.5 Å². The van der Waals surface area contributed by atoms with Gasteiger partial charge in [-0.3, -0.25) is 4.79 Å². The molecule has 2 fully saturated rings. The van der Waals surface area contributed by atoms with Crippen LogP contribution >= 0.6 is 0 Å². The van der Waals surface area contributed by atoms with Crippen LogP contribution in [0, 0.1) is 11.8 Å². The van der Waals surface area contributed by atoms with Crippen LogP contribution in [0.5, 0.6) is 0 Å². The van der Waals surface area contributed by atoms with Gasteiger partial charge in [0.15, 0.2) is 0 Å². The molecule has 2 aliphatic rings. The summed E-state index contributed by atoms with van der Waals surface area (Å²) in [7, 11) is 0. The fraction of sp³-hybridized carbons (Fsp3) is 0.917. The van der Waals surface area contributed by atoms with Gasteiger partial charge in [0.25, 0.3) is 0 Å². The van der Waals surface area contributed by atoms with Crippen molar-refractivity contribution in [1.29, 1.82) is 0 Å². The maximum absolute atomic E-state index is 12.1. The Kier molecular flexibility index (Phi) is 3.22. The highest BCUT2D eigenvalue weighted by Gasteiger charge is 2.30. The van der Waals surface area contributed by atoms with Crippen LogP contribution in [0.3, 0.4) is 0 Å². The second-order valence-corrected chi connectivity index (χ2v) is 4.97. The fourth-order valence-corrected chi connectivity index (χ4v) is 2.79. The number of ketones is 1. The van der Waals surface area contributed by atoms with Gasteiger partial charge in [-0.05, 0) is 32.6 Å². The normalized spacial score (nSPS) is 34.6. The maximum atomic E-state index is 12.1. The van der Waals surface area contributed by atoms with Crippen molar-refractivity contribution in [3.63, 3.8) is 0 Å². The number of nitrogens with one attached hydrogen (secondary N) is 1. The molecule has 0 radical (unpaired) electrons. The lowest BCUT2D eigenvalue weighted by molar-refractivity contribution is -0.127. The Balaban J connectivity index is 1.85. The number of rotatable bonds is 2. The number of hydrogen-bond acceptors (Lipinski definition) is 2. The van der Waals surface area contributed by atoms with Crippen molar-refractivity contribution in [3.05, 3.63) is 0 Å². The van der Waals surface area contributed by atoms with Crippen LogP contribution in [-0.4, -0.2) is 18.4 Å². The van der Waals surface area contributed by atoms with E-state index in [1.165, 1.54) is 19.3 Å². The molecule has 1 saturated heterocycles. The lowest BCUT2D eigenvalue weighted by atomic mass is 9.85. The van der Waals surface area contributed by atoms with E-state index < -0.39 is 0 Å². The van der Waals surface area contributed by atoms with Crippen molar-refractivity contribution in [2.75, 3.05) is 6.54 Å². The number of carbonyl (C=O) groups excluding carboxylic acids is 1. The largest absolute Gasteiger partial charge is 0.314 e. The summed E-state index contributed by atoms with van der Waals surface area (Å²) in [4.78, 5) is 12.1. The van der Waals surface area contributed by atoms with Gasteiger partial charge < -0.3 is 5.32 Å². The number of hydrogen-bond donors (Lipinski definition) is 1. The van der Waals surface area contributed by atoms with E-state index in [2.05, 4.69) is 12.2 Å². The fourth-order valence-electron chi connectivity index (χ4n) is 2.79. The SMILES string of the molecule is CC1CCC(C(=O)C2CCCC2)CN1. The van der Waals surface area contributed by atoms with E-state index in [1.54, 1.807) is 0 Å². The van der Waals surface area contributed by atoms with Gasteiger partial charge in [0.2, 0.25) is 0 Å². The van der Waals surface area contributed by atoms with E-state index in [1.807, 2.05) is 0 Å². The Bertz CT molecular complexity index is 200. The minimum Gasteiger partial charge on any atom is -0.314 e. The summed E-state index contributed by atoms with van der Waals surface area (Å²) in [5.41, 5.74) is 0. The Hall–Kier alpha value is -0.370. The van der Waals surface area contributed by atoms with Crippen molar-refractivity contribution in [2.24, 2.45) is 11.8 Å². The average molecular weight is 195 g/mol. The van der Waals surface area contributed by atoms with Gasteiger partial charge in [-0.15, -0.1) is 0 Å². The zero-order valence-corrected chi connectivity index (χ0v) is 9.09. The van der Waals surface area contributed by atoms with Gasteiger partial charge in [0.05, 0.1) is 0 Å². The summed E-state index contributed by atoms with van der Waals surface area (Å²) in [6, 6.07) is 0.614. The third kappa shape index (κ3) is 2.17. The molecule has 1 saturated carbocycles. The van der Waals surface area contributed by atoms with Crippen molar-refractivity contribution in [2.45, 2.75) is 51.5 Å². The lowest BCUT2D eigenvalue weighted by Crippen LogP contribution is -2.41. The smallest absolute Gasteiger partial charge is 0.140 e. The highest BCUT2D eigenvalue weighted by molar-refractivity contribution is 5.84. The van der Waals surface area contributed by atoms with Crippen LogP contribution in [0.25, 0.3) is 0 Å². The van der Waals surface area contributed by atoms with Gasteiger partial charge >= 0.3 is 0 Å². The first-order valence-electron chi connectivity index (χ1n) is 6.04. The molecule has 1 aliphatic carbocycles. The third-order valence-electron chi connectivity index (χ3n) is 3.82. The first-order valence-corrected chi connectivity index (χ1v) is 6.04. The summed E-state index contributed by atoms with van der Waals surface area (Å²) >= 11 is 0. The second-order valence-electron chi connectivity index (χ2n) is 4.97. The van der Waals surface area contributed by atoms with Gasteiger partial charge in [-0.2, -0.15) is 0 Å². The zero-order chi connectivity index (χ0) is 9.97. The average Bonchev–Trinajstić information content (AvgIpc) is 2.71. The van der Waals surface area contributed by atoms with Gasteiger partial charge in [0, 0.05) is 24.4 Å². The summed E-state index contributed by atoms with van der Waals surface area (Å²) in [6.07, 6.45) is 7.14. The van der Waals surface area contributed by atoms with Gasteiger partial charge in [-0.1, -0.05) is 12.8 Å². The number of carbonyl (C=O) groups is 1. The Morgan fingerprint density at radius 1 is 1.07 bits per heavy atom. The third-order valence-corrected chi connectivity index (χ3v) is 3.82. The molecule has 2 unspecified atom stereocenters. The molecule has 14 heavy (non-hydrogen) atoms. The zero-order valence-electron chi connectivity index (χ0n) is 9.09. The summed E-state index contributed by atoms with van der Waals surface area (Å²) < 4.78 is 0. The predicted molar refractivity (Wildman–Crippen MR) is 57.2 cm³/mol. The van der Waals surface area contributed by atoms with E-state index in [0.717, 1.165) is 25.8 Å². The van der Waals surface area contributed by atoms with Crippen molar-refractivity contribution in [3.8, 4) is 0 Å². The minimum atomic E-state index is 0.328. The molecule has 2 nitrogen and oxygen atoms in total. The minimum absolute atomic E-state index is 0.328. The van der Waals surface area contributed by atoms with Gasteiger partial charge in [-0.25, -0.2) is 0 Å². The monoisotopic (exact) mass is 195 g/mol. The molecule has 1 N–H and O–H groups in total. The lowest BCUT2D eigenvalue weighted by Gasteiger charge is -2.28. The second kappa shape index (κ2) is 4.43. The molecule has 0 bridgehead atoms. The molecular formula is C12H21NO. The number of Topliss-reactive ketones (excluding diaryl/α,β-unsaturated/α-hetero) is 1. The Morgan fingerprint density at radius 3 is 2.36 bits per heavy atom. The maximum Gasteiger partial charge on any atom is 0.140 e. The summed E-state index contributed by atoms with van der Waals surface area (Å²) in [5.74, 6) is 1.30. The van der Waals surface area contributed by atoms with E-state index in [9.17, 15) is 4.79 Å². The molecule has 0 aromatic carbocycles. The van der Waals surface area contributed by atoms with Crippen LogP contribution in [0.1, 0.15) is 45.4 Å². The number of piperidine rings is 1. The first kappa shape index (κ1) is 10.2. The Morgan fingerprint density at radius 2 is 1.79 bits per heavy atom. The highest BCUT2D eigenvalue weighted by atomic mass is 16.1. The van der Waals surface area contributed by atoms with E-state index in [0.29, 0.717) is 23.7 Å². The molecule has 1 aliphatic heterocycles. The van der Waals surface area contributed by atoms with E-state index in [-0.39, 0.29) is 0 Å². The standard InChI is InChI=1S/C12H21NO/c1-9-6-7-11(8-13-9)12(14)10-4-2-3-5-10/h9-11,13H,2-8H2,1H3. The molecule has 0 aromatic rings. The van der Waals surface area contributed by atoms with Crippen molar-refractivity contribution >= 4 is 5.78 Å². The van der Waals surface area contributed by atoms with Crippen LogP contribution in [-0.2, 0) is 4.79 Å². The van der Waals surface area contributed by atoms with E-state index >= 15 is 0 Å². The molecular weight excluding hydrogens is 174 g/mol. The molecule has 2 rings (SSSR count). The first-order chi connectivity index (χ1) is 6.77. The van der Waals surface area contributed by atoms with Crippen LogP contribution in [0.4, 0.5) is 0 Å². The van der Waals surface area contributed by atoms with Crippen molar-refractivity contribution in [1.82, 2.24) is 5.32 Å². The molecule has 80 valence electrons. The van der Waals surface area contributed by atoms with E-state index in [4.69, 9.17) is 0 Å². The summed E-state index contributed by atoms with van der Waals surface area (Å²) in [6.45, 7) is 3.13. The molecule has 2 atom stereocenters. The molecule has 0 spiro atoms. The summed E-state index contributed by atoms with van der Waals surface area (Å²) in [5, 5.41) is 3.42. The molecule has 2 heteroatoms. The van der Waals surface area contributed by atoms with Crippen molar-refractivity contribution < 1.29 is 4.79 Å². The van der Waals surface area contributed by atoms with Gasteiger partial charge in [0.1, 0.15) is 5.78 Å². The van der Waals surface area contributed by atoms with Crippen LogP contribution in [0.15, 0.2) is 0 Å². The molecule has 0 aromatic heterocycles.